The summed E-state index contributed by atoms with van der Waals surface area (Å²) >= 11 is 1.19. The predicted octanol–water partition coefficient (Wildman–Crippen LogP) is 2.59. The first kappa shape index (κ1) is 13.5. The zero-order chi connectivity index (χ0) is 12.5. The Morgan fingerprint density at radius 2 is 2.06 bits per heavy atom. The molecule has 0 aliphatic carbocycles. The molecule has 0 bridgehead atoms. The van der Waals surface area contributed by atoms with Crippen LogP contribution in [0, 0.1) is 0 Å². The van der Waals surface area contributed by atoms with E-state index >= 15 is 0 Å². The van der Waals surface area contributed by atoms with Crippen molar-refractivity contribution in [1.82, 2.24) is 0 Å². The second-order valence-electron chi connectivity index (χ2n) is 3.43. The van der Waals surface area contributed by atoms with Crippen molar-refractivity contribution < 1.29 is 17.9 Å². The van der Waals surface area contributed by atoms with Crippen molar-refractivity contribution in [3.05, 3.63) is 15.8 Å². The number of methoxy groups -OCH3 is 1. The first-order valence-corrected chi connectivity index (χ1v) is 7.62. The Bertz CT molecular complexity index is 502. The van der Waals surface area contributed by atoms with Crippen LogP contribution in [0.5, 0.6) is 0 Å². The maximum atomic E-state index is 11.4. The summed E-state index contributed by atoms with van der Waals surface area (Å²) in [7, 11) is 2.58. The highest BCUT2D eigenvalue weighted by molar-refractivity contribution is 8.14. The quantitative estimate of drug-likeness (QED) is 0.631. The number of rotatable bonds is 3. The lowest BCUT2D eigenvalue weighted by atomic mass is 10.1. The van der Waals surface area contributed by atoms with Crippen molar-refractivity contribution in [3.8, 4) is 0 Å². The highest BCUT2D eigenvalue weighted by atomic mass is 35.7. The fourth-order valence-corrected chi connectivity index (χ4v) is 4.28. The van der Waals surface area contributed by atoms with Gasteiger partial charge in [-0.1, -0.05) is 13.8 Å². The minimum Gasteiger partial charge on any atom is -0.465 e. The Labute approximate surface area is 103 Å². The second kappa shape index (κ2) is 4.73. The van der Waals surface area contributed by atoms with E-state index in [1.54, 1.807) is 0 Å². The van der Waals surface area contributed by atoms with Crippen LogP contribution in [0.1, 0.15) is 35.0 Å². The number of halogens is 1. The van der Waals surface area contributed by atoms with Gasteiger partial charge in [0, 0.05) is 20.9 Å². The minimum atomic E-state index is -3.94. The molecule has 0 aromatic carbocycles. The minimum absolute atomic E-state index is 0.00574. The molecule has 7 heteroatoms. The summed E-state index contributed by atoms with van der Waals surface area (Å²) < 4.78 is 27.4. The van der Waals surface area contributed by atoms with Crippen LogP contribution in [0.25, 0.3) is 0 Å². The molecule has 0 aliphatic rings. The monoisotopic (exact) mass is 282 g/mol. The van der Waals surface area contributed by atoms with Crippen LogP contribution in [0.4, 0.5) is 0 Å². The molecule has 1 rings (SSSR count). The van der Waals surface area contributed by atoms with E-state index in [-0.39, 0.29) is 16.4 Å². The van der Waals surface area contributed by atoms with Crippen LogP contribution in [0.3, 0.4) is 0 Å². The number of thiophene rings is 1. The van der Waals surface area contributed by atoms with E-state index in [0.29, 0.717) is 4.88 Å². The standard InChI is InChI=1S/C9H11ClO4S2/c1-5(2)7-8(16(10,12)13)6(4-15-7)9(11)14-3/h4-5H,1-3H3. The molecule has 1 aromatic heterocycles. The third-order valence-corrected chi connectivity index (χ3v) is 4.75. The van der Waals surface area contributed by atoms with E-state index in [0.717, 1.165) is 0 Å². The number of hydrogen-bond donors (Lipinski definition) is 0. The van der Waals surface area contributed by atoms with Crippen LogP contribution >= 0.6 is 22.0 Å². The number of hydrogen-bond acceptors (Lipinski definition) is 5. The molecule has 4 nitrogen and oxygen atoms in total. The van der Waals surface area contributed by atoms with Crippen LogP contribution < -0.4 is 0 Å². The maximum Gasteiger partial charge on any atom is 0.340 e. The zero-order valence-corrected chi connectivity index (χ0v) is 11.4. The summed E-state index contributed by atoms with van der Waals surface area (Å²) in [5.74, 6) is -0.714. The Balaban J connectivity index is 3.49. The van der Waals surface area contributed by atoms with Gasteiger partial charge in [0.15, 0.2) is 0 Å². The topological polar surface area (TPSA) is 60.4 Å². The molecule has 0 spiro atoms. The van der Waals surface area contributed by atoms with Crippen molar-refractivity contribution >= 4 is 37.0 Å². The van der Waals surface area contributed by atoms with Crippen LogP contribution in [0.2, 0.25) is 0 Å². The molecule has 0 radical (unpaired) electrons. The van der Waals surface area contributed by atoms with Gasteiger partial charge < -0.3 is 4.74 Å². The lowest BCUT2D eigenvalue weighted by molar-refractivity contribution is 0.0597. The lowest BCUT2D eigenvalue weighted by Crippen LogP contribution is -2.06. The van der Waals surface area contributed by atoms with Gasteiger partial charge >= 0.3 is 5.97 Å². The van der Waals surface area contributed by atoms with Crippen LogP contribution in [-0.4, -0.2) is 21.5 Å². The van der Waals surface area contributed by atoms with Crippen LogP contribution in [-0.2, 0) is 13.8 Å². The van der Waals surface area contributed by atoms with Gasteiger partial charge in [0.25, 0.3) is 9.05 Å². The fourth-order valence-electron chi connectivity index (χ4n) is 1.26. The van der Waals surface area contributed by atoms with Gasteiger partial charge in [-0.3, -0.25) is 0 Å². The molecule has 1 heterocycles. The third kappa shape index (κ3) is 2.56. The fraction of sp³-hybridized carbons (Fsp3) is 0.444. The van der Waals surface area contributed by atoms with Crippen LogP contribution in [0.15, 0.2) is 10.3 Å². The molecule has 0 atom stereocenters. The predicted molar refractivity (Wildman–Crippen MR) is 62.8 cm³/mol. The zero-order valence-electron chi connectivity index (χ0n) is 8.98. The van der Waals surface area contributed by atoms with E-state index in [1.807, 2.05) is 13.8 Å². The van der Waals surface area contributed by atoms with Gasteiger partial charge in [0.1, 0.15) is 4.90 Å². The van der Waals surface area contributed by atoms with Gasteiger partial charge in [-0.15, -0.1) is 11.3 Å². The molecule has 0 unspecified atom stereocenters. The maximum absolute atomic E-state index is 11.4. The van der Waals surface area contributed by atoms with Gasteiger partial charge in [0.05, 0.1) is 12.7 Å². The third-order valence-electron chi connectivity index (χ3n) is 1.95. The highest BCUT2D eigenvalue weighted by Crippen LogP contribution is 2.35. The molecule has 0 N–H and O–H groups in total. The molecule has 90 valence electrons. The number of ether oxygens (including phenoxy) is 1. The van der Waals surface area contributed by atoms with Crippen molar-refractivity contribution in [1.29, 1.82) is 0 Å². The highest BCUT2D eigenvalue weighted by Gasteiger charge is 2.28. The van der Waals surface area contributed by atoms with Gasteiger partial charge in [-0.05, 0) is 5.92 Å². The van der Waals surface area contributed by atoms with E-state index < -0.39 is 15.0 Å². The van der Waals surface area contributed by atoms with Gasteiger partial charge in [-0.25, -0.2) is 13.2 Å². The molecule has 1 aromatic rings. The number of carbonyl (C=O) groups is 1. The second-order valence-corrected chi connectivity index (χ2v) is 6.84. The van der Waals surface area contributed by atoms with Gasteiger partial charge in [0.2, 0.25) is 0 Å². The summed E-state index contributed by atoms with van der Waals surface area (Å²) in [5.41, 5.74) is 0.00574. The average molecular weight is 283 g/mol. The largest absolute Gasteiger partial charge is 0.465 e. The molecular formula is C9H11ClO4S2. The number of carbonyl (C=O) groups excluding carboxylic acids is 1. The van der Waals surface area contributed by atoms with E-state index in [9.17, 15) is 13.2 Å². The van der Waals surface area contributed by atoms with Crippen molar-refractivity contribution in [2.45, 2.75) is 24.7 Å². The smallest absolute Gasteiger partial charge is 0.340 e. The lowest BCUT2D eigenvalue weighted by Gasteiger charge is -2.05. The summed E-state index contributed by atoms with van der Waals surface area (Å²) in [5, 5.41) is 1.45. The van der Waals surface area contributed by atoms with Crippen molar-refractivity contribution in [2.24, 2.45) is 0 Å². The molecule has 0 fully saturated rings. The molecule has 0 saturated heterocycles. The summed E-state index contributed by atoms with van der Waals surface area (Å²) in [6.45, 7) is 3.66. The summed E-state index contributed by atoms with van der Waals surface area (Å²) in [6.07, 6.45) is 0. The molecule has 0 saturated carbocycles. The Hall–Kier alpha value is -0.590. The normalized spacial score (nSPS) is 11.8. The Morgan fingerprint density at radius 3 is 2.44 bits per heavy atom. The summed E-state index contributed by atoms with van der Waals surface area (Å²) in [4.78, 5) is 11.8. The summed E-state index contributed by atoms with van der Waals surface area (Å²) in [6, 6.07) is 0. The van der Waals surface area contributed by atoms with E-state index in [2.05, 4.69) is 4.74 Å². The molecule has 0 aliphatic heterocycles. The SMILES string of the molecule is COC(=O)c1csc(C(C)C)c1S(=O)(=O)Cl. The van der Waals surface area contributed by atoms with E-state index in [4.69, 9.17) is 10.7 Å². The number of esters is 1. The Morgan fingerprint density at radius 1 is 1.50 bits per heavy atom. The van der Waals surface area contributed by atoms with E-state index in [1.165, 1.54) is 23.8 Å². The molecule has 16 heavy (non-hydrogen) atoms. The van der Waals surface area contributed by atoms with Crippen molar-refractivity contribution in [3.63, 3.8) is 0 Å². The van der Waals surface area contributed by atoms with Gasteiger partial charge in [-0.2, -0.15) is 0 Å². The van der Waals surface area contributed by atoms with Crippen molar-refractivity contribution in [2.75, 3.05) is 7.11 Å². The first-order valence-electron chi connectivity index (χ1n) is 4.43. The molecule has 0 amide bonds. The molecular weight excluding hydrogens is 272 g/mol. The average Bonchev–Trinajstić information content (AvgIpc) is 2.59. The Kier molecular flexibility index (Phi) is 3.98. The first-order chi connectivity index (χ1) is 7.29.